The maximum absolute atomic E-state index is 14.0. The highest BCUT2D eigenvalue weighted by Crippen LogP contribution is 2.56. The Labute approximate surface area is 187 Å². The van der Waals surface area contributed by atoms with Crippen molar-refractivity contribution in [3.05, 3.63) is 52.0 Å². The third-order valence-electron chi connectivity index (χ3n) is 6.82. The number of hydrogen-bond donors (Lipinski definition) is 3. The Balaban J connectivity index is 1.87. The summed E-state index contributed by atoms with van der Waals surface area (Å²) in [6, 6.07) is 10.4. The quantitative estimate of drug-likeness (QED) is 0.571. The van der Waals surface area contributed by atoms with Gasteiger partial charge in [0.15, 0.2) is 17.5 Å². The van der Waals surface area contributed by atoms with Gasteiger partial charge < -0.3 is 25.2 Å². The van der Waals surface area contributed by atoms with Gasteiger partial charge in [-0.3, -0.25) is 14.1 Å². The first kappa shape index (κ1) is 20.3. The van der Waals surface area contributed by atoms with Crippen molar-refractivity contribution in [2.75, 3.05) is 32.7 Å². The fourth-order valence-electron chi connectivity index (χ4n) is 5.56. The van der Waals surface area contributed by atoms with Crippen LogP contribution in [0.1, 0.15) is 17.5 Å². The highest BCUT2D eigenvalue weighted by molar-refractivity contribution is 9.10. The number of aliphatic hydroxyl groups excluding tert-OH is 1. The molecule has 31 heavy (non-hydrogen) atoms. The smallest absolute Gasteiger partial charge is 0.295 e. The number of carbonyl (C=O) groups excluding carboxylic acids is 2. The van der Waals surface area contributed by atoms with Gasteiger partial charge in [-0.05, 0) is 30.3 Å². The molecular weight excluding hydrogens is 466 g/mol. The molecule has 0 aliphatic carbocycles. The molecule has 3 heterocycles. The predicted octanol–water partition coefficient (Wildman–Crippen LogP) is 1.70. The summed E-state index contributed by atoms with van der Waals surface area (Å²) >= 11 is 3.54. The number of fused-ring (bicyclic) bond motifs is 2. The van der Waals surface area contributed by atoms with Gasteiger partial charge in [0.05, 0.1) is 23.9 Å². The lowest BCUT2D eigenvalue weighted by atomic mass is 9.78. The second-order valence-electron chi connectivity index (χ2n) is 8.36. The number of aliphatic hydroxyl groups is 1. The van der Waals surface area contributed by atoms with E-state index in [4.69, 9.17) is 9.47 Å². The van der Waals surface area contributed by atoms with Crippen LogP contribution in [-0.2, 0) is 15.1 Å². The van der Waals surface area contributed by atoms with Gasteiger partial charge in [-0.1, -0.05) is 22.0 Å². The van der Waals surface area contributed by atoms with Crippen LogP contribution in [0.25, 0.3) is 0 Å². The monoisotopic (exact) mass is 488 g/mol. The second kappa shape index (κ2) is 6.94. The molecule has 2 aromatic rings. The minimum atomic E-state index is -1.33. The largest absolute Gasteiger partial charge is 0.454 e. The molecule has 0 aromatic heterocycles. The fourth-order valence-corrected chi connectivity index (χ4v) is 5.92. The minimum Gasteiger partial charge on any atom is -0.454 e. The van der Waals surface area contributed by atoms with E-state index in [9.17, 15) is 14.7 Å². The van der Waals surface area contributed by atoms with E-state index in [0.717, 1.165) is 10.0 Å². The standard InChI is InChI=1S/C22H22BrN3O5/c1-24-20(28)17-9-13(27)10-26(17,2)22(14-4-3-5-18-19(14)31-11-30-18)15-8-12(23)6-7-16(15)25-21(22)29/h3-8,13,17,27H,9-11H2,1-2H3,(H-,24,25,28,29)/p+1/t13-,17+,22?,26?/m1/s1. The molecule has 0 saturated carbocycles. The van der Waals surface area contributed by atoms with Crippen LogP contribution in [-0.4, -0.2) is 61.0 Å². The summed E-state index contributed by atoms with van der Waals surface area (Å²) in [5.74, 6) is 0.548. The van der Waals surface area contributed by atoms with Crippen molar-refractivity contribution in [3.8, 4) is 11.5 Å². The number of carbonyl (C=O) groups is 2. The van der Waals surface area contributed by atoms with E-state index in [1.807, 2.05) is 37.4 Å². The number of para-hydroxylation sites is 1. The number of likely N-dealkylation sites (tertiary alicyclic amines) is 1. The van der Waals surface area contributed by atoms with Gasteiger partial charge in [0.25, 0.3) is 11.8 Å². The van der Waals surface area contributed by atoms with Crippen molar-refractivity contribution < 1.29 is 28.7 Å². The number of nitrogens with one attached hydrogen (secondary N) is 2. The molecule has 2 aromatic carbocycles. The molecule has 0 bridgehead atoms. The Kier molecular flexibility index (Phi) is 4.55. The van der Waals surface area contributed by atoms with Crippen LogP contribution in [0.2, 0.25) is 0 Å². The Morgan fingerprint density at radius 3 is 2.87 bits per heavy atom. The van der Waals surface area contributed by atoms with Gasteiger partial charge in [0, 0.05) is 17.9 Å². The second-order valence-corrected chi connectivity index (χ2v) is 9.28. The van der Waals surface area contributed by atoms with E-state index >= 15 is 0 Å². The van der Waals surface area contributed by atoms with Crippen LogP contribution in [0.4, 0.5) is 5.69 Å². The van der Waals surface area contributed by atoms with Crippen molar-refractivity contribution >= 4 is 33.4 Å². The number of nitrogens with zero attached hydrogens (tertiary/aromatic N) is 1. The van der Waals surface area contributed by atoms with Crippen molar-refractivity contribution in [2.45, 2.75) is 24.1 Å². The molecule has 2 unspecified atom stereocenters. The molecule has 1 fully saturated rings. The van der Waals surface area contributed by atoms with Gasteiger partial charge >= 0.3 is 0 Å². The third kappa shape index (κ3) is 2.60. The molecule has 3 aliphatic heterocycles. The number of halogens is 1. The maximum atomic E-state index is 14.0. The van der Waals surface area contributed by atoms with Gasteiger partial charge in [-0.2, -0.15) is 0 Å². The molecule has 5 rings (SSSR count). The summed E-state index contributed by atoms with van der Waals surface area (Å²) in [7, 11) is 3.43. The van der Waals surface area contributed by atoms with E-state index in [0.29, 0.717) is 22.7 Å². The topological polar surface area (TPSA) is 96.9 Å². The zero-order valence-corrected chi connectivity index (χ0v) is 18.7. The number of amides is 2. The first-order valence-corrected chi connectivity index (χ1v) is 10.9. The average molecular weight is 489 g/mol. The zero-order valence-electron chi connectivity index (χ0n) is 17.1. The molecule has 2 amide bonds. The summed E-state index contributed by atoms with van der Waals surface area (Å²) in [5.41, 5.74) is 0.678. The number of rotatable bonds is 3. The van der Waals surface area contributed by atoms with Crippen LogP contribution in [0.5, 0.6) is 11.5 Å². The van der Waals surface area contributed by atoms with Crippen LogP contribution in [0.15, 0.2) is 40.9 Å². The molecule has 8 nitrogen and oxygen atoms in total. The lowest BCUT2D eigenvalue weighted by molar-refractivity contribution is -0.953. The molecule has 4 atom stereocenters. The Hall–Kier alpha value is -2.62. The van der Waals surface area contributed by atoms with Gasteiger partial charge in [-0.15, -0.1) is 0 Å². The van der Waals surface area contributed by atoms with Crippen molar-refractivity contribution in [1.29, 1.82) is 0 Å². The minimum absolute atomic E-state index is 0.0249. The summed E-state index contributed by atoms with van der Waals surface area (Å²) in [6.07, 6.45) is -0.483. The number of hydrogen-bond acceptors (Lipinski definition) is 5. The van der Waals surface area contributed by atoms with Crippen LogP contribution < -0.4 is 20.1 Å². The maximum Gasteiger partial charge on any atom is 0.295 e. The van der Waals surface area contributed by atoms with E-state index in [1.165, 1.54) is 0 Å². The van der Waals surface area contributed by atoms with Gasteiger partial charge in [-0.25, -0.2) is 0 Å². The number of ether oxygens (including phenoxy) is 2. The highest BCUT2D eigenvalue weighted by atomic mass is 79.9. The Morgan fingerprint density at radius 1 is 1.29 bits per heavy atom. The van der Waals surface area contributed by atoms with Crippen LogP contribution in [0.3, 0.4) is 0 Å². The normalized spacial score (nSPS) is 30.8. The first-order valence-electron chi connectivity index (χ1n) is 10.1. The van der Waals surface area contributed by atoms with Crippen LogP contribution in [0, 0.1) is 0 Å². The van der Waals surface area contributed by atoms with E-state index in [2.05, 4.69) is 26.6 Å². The first-order chi connectivity index (χ1) is 14.8. The van der Waals surface area contributed by atoms with Crippen molar-refractivity contribution in [1.82, 2.24) is 5.32 Å². The number of quaternary nitrogens is 1. The molecule has 3 N–H and O–H groups in total. The summed E-state index contributed by atoms with van der Waals surface area (Å²) < 4.78 is 12.2. The van der Waals surface area contributed by atoms with Crippen molar-refractivity contribution in [3.63, 3.8) is 0 Å². The lowest BCUT2D eigenvalue weighted by Crippen LogP contribution is -2.68. The third-order valence-corrected chi connectivity index (χ3v) is 7.32. The highest BCUT2D eigenvalue weighted by Gasteiger charge is 2.69. The van der Waals surface area contributed by atoms with E-state index in [-0.39, 0.29) is 36.1 Å². The predicted molar refractivity (Wildman–Crippen MR) is 116 cm³/mol. The molecular formula is C22H23BrN3O5+. The van der Waals surface area contributed by atoms with Crippen LogP contribution >= 0.6 is 15.9 Å². The zero-order chi connectivity index (χ0) is 22.0. The van der Waals surface area contributed by atoms with Crippen molar-refractivity contribution in [2.24, 2.45) is 0 Å². The van der Waals surface area contributed by atoms with Gasteiger partial charge in [0.2, 0.25) is 12.3 Å². The lowest BCUT2D eigenvalue weighted by Gasteiger charge is -2.48. The van der Waals surface area contributed by atoms with E-state index in [1.54, 1.807) is 13.1 Å². The molecule has 162 valence electrons. The fraction of sp³-hybridized carbons (Fsp3) is 0.364. The SMILES string of the molecule is CNC(=O)[C@@H]1C[C@@H](O)C[N+]1(C)C1(c2cccc3c2OCO3)C(=O)Nc2ccc(Br)cc21. The molecule has 0 radical (unpaired) electrons. The number of anilines is 1. The summed E-state index contributed by atoms with van der Waals surface area (Å²) in [5, 5.41) is 16.4. The molecule has 0 spiro atoms. The number of likely N-dealkylation sites (N-methyl/N-ethyl adjacent to an activating group) is 2. The Bertz CT molecular complexity index is 1110. The summed E-state index contributed by atoms with van der Waals surface area (Å²) in [6.45, 7) is 0.280. The Morgan fingerprint density at radius 2 is 2.10 bits per heavy atom. The van der Waals surface area contributed by atoms with E-state index < -0.39 is 17.7 Å². The number of benzene rings is 2. The van der Waals surface area contributed by atoms with Gasteiger partial charge in [0.1, 0.15) is 12.6 Å². The molecule has 1 saturated heterocycles. The summed E-state index contributed by atoms with van der Waals surface area (Å²) in [4.78, 5) is 27.0. The average Bonchev–Trinajstić information content (AvgIpc) is 3.41. The molecule has 9 heteroatoms. The molecule has 3 aliphatic rings.